The quantitative estimate of drug-likeness (QED) is 0.435. The van der Waals surface area contributed by atoms with Crippen molar-refractivity contribution in [1.29, 1.82) is 0 Å². The average molecular weight is 456 g/mol. The van der Waals surface area contributed by atoms with E-state index in [1.165, 1.54) is 6.33 Å². The smallest absolute Gasteiger partial charge is 0.273 e. The fraction of sp³-hybridized carbons (Fsp3) is 0.259. The second-order valence-electron chi connectivity index (χ2n) is 8.47. The fourth-order valence-electron chi connectivity index (χ4n) is 4.37. The van der Waals surface area contributed by atoms with Crippen molar-refractivity contribution in [3.05, 3.63) is 96.2 Å². The first-order valence-corrected chi connectivity index (χ1v) is 11.4. The minimum atomic E-state index is -0.167. The monoisotopic (exact) mass is 455 g/mol. The lowest BCUT2D eigenvalue weighted by molar-refractivity contribution is 0.0698. The molecule has 0 saturated heterocycles. The average Bonchev–Trinajstić information content (AvgIpc) is 3.31. The Morgan fingerprint density at radius 2 is 1.74 bits per heavy atom. The third-order valence-electron chi connectivity index (χ3n) is 6.37. The van der Waals surface area contributed by atoms with Crippen LogP contribution in [-0.4, -0.2) is 50.9 Å². The van der Waals surface area contributed by atoms with Gasteiger partial charge in [-0.05, 0) is 30.2 Å². The zero-order chi connectivity index (χ0) is 24.1. The summed E-state index contributed by atoms with van der Waals surface area (Å²) in [4.78, 5) is 36.6. The number of para-hydroxylation sites is 1. The lowest BCUT2D eigenvalue weighted by Gasteiger charge is -2.33. The summed E-state index contributed by atoms with van der Waals surface area (Å²) in [6, 6.07) is 21.1. The topological polar surface area (TPSA) is 80.1 Å². The predicted octanol–water partition coefficient (Wildman–Crippen LogP) is 4.03. The van der Waals surface area contributed by atoms with Gasteiger partial charge in [-0.3, -0.25) is 9.59 Å². The second-order valence-corrected chi connectivity index (χ2v) is 8.47. The number of hydrogen-bond donors (Lipinski definition) is 1. The molecule has 34 heavy (non-hydrogen) atoms. The molecule has 4 rings (SSSR count). The van der Waals surface area contributed by atoms with Gasteiger partial charge in [0.15, 0.2) is 0 Å². The predicted molar refractivity (Wildman–Crippen MR) is 133 cm³/mol. The number of carbonyl (C=O) groups excluding carboxylic acids is 2. The third kappa shape index (κ3) is 4.83. The van der Waals surface area contributed by atoms with E-state index < -0.39 is 0 Å². The van der Waals surface area contributed by atoms with Gasteiger partial charge in [0.25, 0.3) is 11.8 Å². The van der Waals surface area contributed by atoms with Gasteiger partial charge in [-0.15, -0.1) is 0 Å². The summed E-state index contributed by atoms with van der Waals surface area (Å²) in [7, 11) is 3.65. The van der Waals surface area contributed by atoms with E-state index in [1.807, 2.05) is 68.8 Å². The van der Waals surface area contributed by atoms with Crippen molar-refractivity contribution in [1.82, 2.24) is 24.8 Å². The standard InChI is InChI=1S/C27H29N5O2/c1-19(20-10-5-4-6-11-20)23(15-16-28-26(33)24-14-9-17-31(24)2)32(3)27(34)25-21-12-7-8-13-22(21)29-18-30-25/h4-14,17-19,23H,15-16H2,1-3H3,(H,28,33). The maximum atomic E-state index is 13.6. The van der Waals surface area contributed by atoms with E-state index in [2.05, 4.69) is 34.3 Å². The van der Waals surface area contributed by atoms with Gasteiger partial charge in [0.2, 0.25) is 0 Å². The molecule has 174 valence electrons. The Kier molecular flexibility index (Phi) is 7.01. The maximum Gasteiger partial charge on any atom is 0.273 e. The highest BCUT2D eigenvalue weighted by molar-refractivity contribution is 6.04. The molecule has 0 aliphatic rings. The van der Waals surface area contributed by atoms with Crippen molar-refractivity contribution < 1.29 is 9.59 Å². The first kappa shape index (κ1) is 23.2. The molecule has 0 aliphatic heterocycles. The lowest BCUT2D eigenvalue weighted by atomic mass is 9.90. The van der Waals surface area contributed by atoms with Crippen molar-refractivity contribution >= 4 is 22.7 Å². The maximum absolute atomic E-state index is 13.6. The number of nitrogens with one attached hydrogen (secondary N) is 1. The van der Waals surface area contributed by atoms with Gasteiger partial charge in [-0.1, -0.05) is 55.5 Å². The number of amides is 2. The number of likely N-dealkylation sites (N-methyl/N-ethyl adjacent to an activating group) is 1. The molecule has 0 saturated carbocycles. The zero-order valence-corrected chi connectivity index (χ0v) is 19.7. The molecule has 0 fully saturated rings. The van der Waals surface area contributed by atoms with Crippen LogP contribution in [0.4, 0.5) is 0 Å². The number of aryl methyl sites for hydroxylation is 1. The van der Waals surface area contributed by atoms with Crippen LogP contribution in [0.1, 0.15) is 45.8 Å². The number of carbonyl (C=O) groups is 2. The van der Waals surface area contributed by atoms with Gasteiger partial charge in [0.1, 0.15) is 17.7 Å². The van der Waals surface area contributed by atoms with Gasteiger partial charge in [-0.2, -0.15) is 0 Å². The molecule has 0 aliphatic carbocycles. The molecule has 0 spiro atoms. The molecule has 2 unspecified atom stereocenters. The number of nitrogens with zero attached hydrogens (tertiary/aromatic N) is 4. The highest BCUT2D eigenvalue weighted by Crippen LogP contribution is 2.26. The Labute approximate surface area is 199 Å². The molecule has 7 nitrogen and oxygen atoms in total. The Morgan fingerprint density at radius 1 is 1.00 bits per heavy atom. The summed E-state index contributed by atoms with van der Waals surface area (Å²) in [5.41, 5.74) is 2.85. The molecular weight excluding hydrogens is 426 g/mol. The molecule has 0 radical (unpaired) electrons. The van der Waals surface area contributed by atoms with Crippen molar-refractivity contribution in [2.45, 2.75) is 25.3 Å². The number of fused-ring (bicyclic) bond motifs is 1. The molecule has 2 amide bonds. The van der Waals surface area contributed by atoms with Crippen molar-refractivity contribution in [3.8, 4) is 0 Å². The van der Waals surface area contributed by atoms with Crippen molar-refractivity contribution in [3.63, 3.8) is 0 Å². The zero-order valence-electron chi connectivity index (χ0n) is 19.7. The Morgan fingerprint density at radius 3 is 2.47 bits per heavy atom. The van der Waals surface area contributed by atoms with Crippen molar-refractivity contribution in [2.75, 3.05) is 13.6 Å². The highest BCUT2D eigenvalue weighted by Gasteiger charge is 2.29. The van der Waals surface area contributed by atoms with Gasteiger partial charge < -0.3 is 14.8 Å². The number of benzene rings is 2. The van der Waals surface area contributed by atoms with E-state index in [1.54, 1.807) is 15.5 Å². The van der Waals surface area contributed by atoms with Crippen LogP contribution in [0.3, 0.4) is 0 Å². The summed E-state index contributed by atoms with van der Waals surface area (Å²) in [5.74, 6) is -0.246. The molecule has 4 aromatic rings. The molecule has 2 atom stereocenters. The molecule has 7 heteroatoms. The molecule has 2 heterocycles. The Bertz CT molecular complexity index is 1280. The summed E-state index contributed by atoms with van der Waals surface area (Å²) in [6.07, 6.45) is 3.87. The number of rotatable bonds is 8. The first-order valence-electron chi connectivity index (χ1n) is 11.4. The molecule has 2 aromatic carbocycles. The van der Waals surface area contributed by atoms with Gasteiger partial charge >= 0.3 is 0 Å². The van der Waals surface area contributed by atoms with Gasteiger partial charge in [0, 0.05) is 44.2 Å². The molecular formula is C27H29N5O2. The summed E-state index contributed by atoms with van der Waals surface area (Å²) < 4.78 is 1.79. The van der Waals surface area contributed by atoms with E-state index in [-0.39, 0.29) is 23.8 Å². The summed E-state index contributed by atoms with van der Waals surface area (Å²) in [5, 5.41) is 3.73. The van der Waals surface area contributed by atoms with E-state index in [4.69, 9.17) is 0 Å². The number of aromatic nitrogens is 3. The van der Waals surface area contributed by atoms with E-state index in [0.717, 1.165) is 16.5 Å². The van der Waals surface area contributed by atoms with Crippen molar-refractivity contribution in [2.24, 2.45) is 7.05 Å². The number of hydrogen-bond acceptors (Lipinski definition) is 4. The second kappa shape index (κ2) is 10.3. The molecule has 1 N–H and O–H groups in total. The first-order chi connectivity index (χ1) is 16.5. The third-order valence-corrected chi connectivity index (χ3v) is 6.37. The SMILES string of the molecule is CC(c1ccccc1)C(CCNC(=O)c1cccn1C)N(C)C(=O)c1ncnc2ccccc12. The summed E-state index contributed by atoms with van der Waals surface area (Å²) >= 11 is 0. The van der Waals surface area contributed by atoms with Gasteiger partial charge in [0.05, 0.1) is 5.52 Å². The van der Waals surface area contributed by atoms with E-state index in [0.29, 0.717) is 24.4 Å². The van der Waals surface area contributed by atoms with Crippen LogP contribution >= 0.6 is 0 Å². The van der Waals surface area contributed by atoms with E-state index >= 15 is 0 Å². The van der Waals surface area contributed by atoms with Crippen LogP contribution < -0.4 is 5.32 Å². The Hall–Kier alpha value is -4.00. The van der Waals surface area contributed by atoms with Crippen LogP contribution in [-0.2, 0) is 7.05 Å². The van der Waals surface area contributed by atoms with Crippen LogP contribution in [0.2, 0.25) is 0 Å². The minimum absolute atomic E-state index is 0.0511. The minimum Gasteiger partial charge on any atom is -0.351 e. The molecule has 0 bridgehead atoms. The molecule has 2 aromatic heterocycles. The van der Waals surface area contributed by atoms with Crippen LogP contribution in [0.5, 0.6) is 0 Å². The Balaban J connectivity index is 1.57. The van der Waals surface area contributed by atoms with Gasteiger partial charge in [-0.25, -0.2) is 9.97 Å². The van der Waals surface area contributed by atoms with E-state index in [9.17, 15) is 9.59 Å². The fourth-order valence-corrected chi connectivity index (χ4v) is 4.37. The normalized spacial score (nSPS) is 12.8. The van der Waals surface area contributed by atoms with Crippen LogP contribution in [0.25, 0.3) is 10.9 Å². The summed E-state index contributed by atoms with van der Waals surface area (Å²) in [6.45, 7) is 2.55. The highest BCUT2D eigenvalue weighted by atomic mass is 16.2. The largest absolute Gasteiger partial charge is 0.351 e. The lowest BCUT2D eigenvalue weighted by Crippen LogP contribution is -2.43. The van der Waals surface area contributed by atoms with Crippen LogP contribution in [0, 0.1) is 0 Å². The van der Waals surface area contributed by atoms with Crippen LogP contribution in [0.15, 0.2) is 79.3 Å².